The van der Waals surface area contributed by atoms with E-state index in [4.69, 9.17) is 32.8 Å². The number of nitrogens with zero attached hydrogens (tertiary/aromatic N) is 2. The quantitative estimate of drug-likeness (QED) is 0.372. The second-order valence-electron chi connectivity index (χ2n) is 6.60. The molecule has 0 bridgehead atoms. The molecule has 0 aliphatic heterocycles. The average molecular weight is 459 g/mol. The van der Waals surface area contributed by atoms with E-state index in [9.17, 15) is 13.2 Å². The molecule has 160 valence electrons. The number of fused-ring (bicyclic) bond motifs is 1. The lowest BCUT2D eigenvalue weighted by atomic mass is 9.89. The fourth-order valence-electron chi connectivity index (χ4n) is 3.10. The third kappa shape index (κ3) is 6.12. The lowest BCUT2D eigenvalue weighted by molar-refractivity contribution is -0.137. The SMILES string of the molecule is FC(F)(F)c1ccc(CCON=C2CCCc3c(OCC=C(Cl)Cl)cccc32)nc1. The van der Waals surface area contributed by atoms with E-state index in [1.165, 1.54) is 6.07 Å². The van der Waals surface area contributed by atoms with Crippen LogP contribution in [0.1, 0.15) is 35.2 Å². The molecular weight excluding hydrogens is 440 g/mol. The van der Waals surface area contributed by atoms with E-state index < -0.39 is 11.7 Å². The summed E-state index contributed by atoms with van der Waals surface area (Å²) in [5.74, 6) is 0.750. The summed E-state index contributed by atoms with van der Waals surface area (Å²) in [6.45, 7) is 0.480. The molecular formula is C21H19Cl2F3N2O2. The zero-order valence-electron chi connectivity index (χ0n) is 15.9. The maximum Gasteiger partial charge on any atom is 0.417 e. The second-order valence-corrected chi connectivity index (χ2v) is 7.61. The summed E-state index contributed by atoms with van der Waals surface area (Å²) in [4.78, 5) is 9.25. The molecule has 3 rings (SSSR count). The van der Waals surface area contributed by atoms with Crippen LogP contribution in [0.5, 0.6) is 5.75 Å². The zero-order chi connectivity index (χ0) is 21.6. The number of aromatic nitrogens is 1. The van der Waals surface area contributed by atoms with Gasteiger partial charge in [0.2, 0.25) is 0 Å². The molecule has 1 heterocycles. The Labute approximate surface area is 182 Å². The fourth-order valence-corrected chi connectivity index (χ4v) is 3.23. The summed E-state index contributed by atoms with van der Waals surface area (Å²) < 4.78 is 43.6. The molecule has 9 heteroatoms. The van der Waals surface area contributed by atoms with E-state index >= 15 is 0 Å². The first-order valence-electron chi connectivity index (χ1n) is 9.32. The molecule has 0 saturated carbocycles. The minimum Gasteiger partial charge on any atom is -0.489 e. The van der Waals surface area contributed by atoms with Gasteiger partial charge in [0.15, 0.2) is 0 Å². The highest BCUT2D eigenvalue weighted by molar-refractivity contribution is 6.55. The summed E-state index contributed by atoms with van der Waals surface area (Å²) >= 11 is 11.2. The van der Waals surface area contributed by atoms with Gasteiger partial charge in [0.05, 0.1) is 11.3 Å². The van der Waals surface area contributed by atoms with E-state index in [0.29, 0.717) is 12.1 Å². The normalized spacial score (nSPS) is 14.9. The van der Waals surface area contributed by atoms with Gasteiger partial charge in [-0.3, -0.25) is 4.98 Å². The Hall–Kier alpha value is -2.25. The van der Waals surface area contributed by atoms with Gasteiger partial charge in [-0.2, -0.15) is 13.2 Å². The van der Waals surface area contributed by atoms with Crippen LogP contribution >= 0.6 is 23.2 Å². The number of alkyl halides is 3. The van der Waals surface area contributed by atoms with Crippen LogP contribution in [-0.2, 0) is 23.9 Å². The van der Waals surface area contributed by atoms with Crippen LogP contribution in [0.15, 0.2) is 52.3 Å². The maximum atomic E-state index is 12.6. The number of ether oxygens (including phenoxy) is 1. The van der Waals surface area contributed by atoms with Crippen molar-refractivity contribution in [1.29, 1.82) is 0 Å². The number of rotatable bonds is 7. The Balaban J connectivity index is 1.60. The summed E-state index contributed by atoms with van der Waals surface area (Å²) in [5, 5.41) is 4.25. The van der Waals surface area contributed by atoms with Gasteiger partial charge in [-0.05, 0) is 43.5 Å². The molecule has 0 spiro atoms. The average Bonchev–Trinajstić information content (AvgIpc) is 2.71. The number of benzene rings is 1. The van der Waals surface area contributed by atoms with Gasteiger partial charge >= 0.3 is 6.18 Å². The summed E-state index contributed by atoms with van der Waals surface area (Å²) in [6, 6.07) is 8.09. The first-order chi connectivity index (χ1) is 14.3. The van der Waals surface area contributed by atoms with Gasteiger partial charge in [0, 0.05) is 29.4 Å². The van der Waals surface area contributed by atoms with E-state index in [1.807, 2.05) is 18.2 Å². The van der Waals surface area contributed by atoms with Crippen LogP contribution in [0.25, 0.3) is 0 Å². The Morgan fingerprint density at radius 1 is 1.17 bits per heavy atom. The van der Waals surface area contributed by atoms with Crippen molar-refractivity contribution in [2.24, 2.45) is 5.16 Å². The molecule has 2 aromatic rings. The van der Waals surface area contributed by atoms with Crippen LogP contribution in [0.3, 0.4) is 0 Å². The minimum atomic E-state index is -4.39. The molecule has 0 radical (unpaired) electrons. The van der Waals surface area contributed by atoms with Crippen molar-refractivity contribution in [3.05, 3.63) is 69.5 Å². The molecule has 0 N–H and O–H groups in total. The Kier molecular flexibility index (Phi) is 7.61. The lowest BCUT2D eigenvalue weighted by Gasteiger charge is -2.20. The van der Waals surface area contributed by atoms with E-state index in [-0.39, 0.29) is 17.7 Å². The van der Waals surface area contributed by atoms with Crippen LogP contribution in [0.2, 0.25) is 0 Å². The van der Waals surface area contributed by atoms with Gasteiger partial charge in [-0.1, -0.05) is 40.5 Å². The topological polar surface area (TPSA) is 43.7 Å². The monoisotopic (exact) mass is 458 g/mol. The minimum absolute atomic E-state index is 0.151. The van der Waals surface area contributed by atoms with Crippen molar-refractivity contribution in [3.63, 3.8) is 0 Å². The van der Waals surface area contributed by atoms with Crippen molar-refractivity contribution >= 4 is 28.9 Å². The van der Waals surface area contributed by atoms with Crippen molar-refractivity contribution in [2.75, 3.05) is 13.2 Å². The molecule has 0 fully saturated rings. The highest BCUT2D eigenvalue weighted by atomic mass is 35.5. The number of hydrogen-bond donors (Lipinski definition) is 0. The Morgan fingerprint density at radius 2 is 2.00 bits per heavy atom. The van der Waals surface area contributed by atoms with Gasteiger partial charge in [-0.15, -0.1) is 0 Å². The Morgan fingerprint density at radius 3 is 2.70 bits per heavy atom. The third-order valence-electron chi connectivity index (χ3n) is 4.54. The number of halogens is 5. The van der Waals surface area contributed by atoms with Gasteiger partial charge < -0.3 is 9.57 Å². The summed E-state index contributed by atoms with van der Waals surface area (Å²) in [7, 11) is 0. The van der Waals surface area contributed by atoms with Crippen molar-refractivity contribution in [2.45, 2.75) is 31.9 Å². The van der Waals surface area contributed by atoms with Crippen LogP contribution in [-0.4, -0.2) is 23.9 Å². The van der Waals surface area contributed by atoms with Crippen molar-refractivity contribution in [3.8, 4) is 5.75 Å². The highest BCUT2D eigenvalue weighted by Gasteiger charge is 2.30. The van der Waals surface area contributed by atoms with Gasteiger partial charge in [0.1, 0.15) is 23.5 Å². The molecule has 0 unspecified atom stereocenters. The van der Waals surface area contributed by atoms with E-state index in [1.54, 1.807) is 6.08 Å². The molecule has 0 atom stereocenters. The Bertz CT molecular complexity index is 925. The number of oxime groups is 1. The van der Waals surface area contributed by atoms with Crippen LogP contribution in [0, 0.1) is 0 Å². The predicted octanol–water partition coefficient (Wildman–Crippen LogP) is 6.10. The maximum absolute atomic E-state index is 12.6. The lowest BCUT2D eigenvalue weighted by Crippen LogP contribution is -2.14. The molecule has 1 aromatic carbocycles. The van der Waals surface area contributed by atoms with Crippen molar-refractivity contribution < 1.29 is 22.7 Å². The van der Waals surface area contributed by atoms with Crippen LogP contribution < -0.4 is 4.74 Å². The summed E-state index contributed by atoms with van der Waals surface area (Å²) in [5.41, 5.74) is 2.57. The smallest absolute Gasteiger partial charge is 0.417 e. The summed E-state index contributed by atoms with van der Waals surface area (Å²) in [6.07, 6.45) is 0.891. The largest absolute Gasteiger partial charge is 0.489 e. The standard InChI is InChI=1S/C21H19Cl2F3N2O2/c22-20(23)10-11-29-19-6-2-3-16-17(19)4-1-5-18(16)28-30-12-9-15-8-7-14(13-27-15)21(24,25)26/h2-3,6-8,10,13H,1,4-5,9,11-12H2. The molecule has 1 aliphatic carbocycles. The first-order valence-corrected chi connectivity index (χ1v) is 10.1. The van der Waals surface area contributed by atoms with Crippen LogP contribution in [0.4, 0.5) is 13.2 Å². The molecule has 0 amide bonds. The molecule has 1 aliphatic rings. The molecule has 4 nitrogen and oxygen atoms in total. The first kappa shape index (κ1) is 22.4. The fraction of sp³-hybridized carbons (Fsp3) is 0.333. The number of pyridine rings is 1. The molecule has 0 saturated heterocycles. The predicted molar refractivity (Wildman–Crippen MR) is 110 cm³/mol. The van der Waals surface area contributed by atoms with Gasteiger partial charge in [-0.25, -0.2) is 0 Å². The third-order valence-corrected chi connectivity index (χ3v) is 4.85. The zero-order valence-corrected chi connectivity index (χ0v) is 17.4. The van der Waals surface area contributed by atoms with E-state index in [0.717, 1.165) is 54.1 Å². The molecule has 30 heavy (non-hydrogen) atoms. The molecule has 1 aromatic heterocycles. The number of hydrogen-bond acceptors (Lipinski definition) is 4. The van der Waals surface area contributed by atoms with Crippen molar-refractivity contribution in [1.82, 2.24) is 4.98 Å². The second kappa shape index (κ2) is 10.2. The van der Waals surface area contributed by atoms with E-state index in [2.05, 4.69) is 10.1 Å². The van der Waals surface area contributed by atoms with Gasteiger partial charge in [0.25, 0.3) is 0 Å². The highest BCUT2D eigenvalue weighted by Crippen LogP contribution is 2.30.